The summed E-state index contributed by atoms with van der Waals surface area (Å²) in [6.07, 6.45) is 4.89. The molecule has 0 fully saturated rings. The van der Waals surface area contributed by atoms with Gasteiger partial charge in [-0.1, -0.05) is 43.6 Å². The summed E-state index contributed by atoms with van der Waals surface area (Å²) >= 11 is 0. The highest BCUT2D eigenvalue weighted by Gasteiger charge is 2.06. The van der Waals surface area contributed by atoms with Crippen molar-refractivity contribution in [1.82, 2.24) is 0 Å². The second-order valence-electron chi connectivity index (χ2n) is 5.43. The lowest BCUT2D eigenvalue weighted by Crippen LogP contribution is -2.03. The SMILES string of the molecule is CC(C)=C(C)/C=C(\C)CCC(C)C(C)C. The molecule has 88 valence electrons. The summed E-state index contributed by atoms with van der Waals surface area (Å²) in [6, 6.07) is 0. The first kappa shape index (κ1) is 14.5. The zero-order valence-corrected chi connectivity index (χ0v) is 11.6. The molecule has 0 saturated carbocycles. The monoisotopic (exact) mass is 208 g/mol. The fourth-order valence-corrected chi connectivity index (χ4v) is 1.37. The lowest BCUT2D eigenvalue weighted by atomic mass is 9.91. The Hall–Kier alpha value is -0.520. The molecule has 1 unspecified atom stereocenters. The van der Waals surface area contributed by atoms with Gasteiger partial charge in [-0.2, -0.15) is 0 Å². The minimum Gasteiger partial charge on any atom is -0.0735 e. The molecular weight excluding hydrogens is 180 g/mol. The second-order valence-corrected chi connectivity index (χ2v) is 5.43. The summed E-state index contributed by atoms with van der Waals surface area (Å²) in [4.78, 5) is 0. The van der Waals surface area contributed by atoms with Gasteiger partial charge in [0.2, 0.25) is 0 Å². The van der Waals surface area contributed by atoms with Crippen LogP contribution in [-0.4, -0.2) is 0 Å². The predicted molar refractivity (Wildman–Crippen MR) is 71.0 cm³/mol. The molecule has 1 atom stereocenters. The van der Waals surface area contributed by atoms with Gasteiger partial charge in [-0.25, -0.2) is 0 Å². The maximum atomic E-state index is 2.35. The molecule has 0 bridgehead atoms. The van der Waals surface area contributed by atoms with Gasteiger partial charge in [0.25, 0.3) is 0 Å². The van der Waals surface area contributed by atoms with E-state index in [4.69, 9.17) is 0 Å². The van der Waals surface area contributed by atoms with E-state index in [1.165, 1.54) is 29.6 Å². The van der Waals surface area contributed by atoms with E-state index in [2.05, 4.69) is 54.5 Å². The lowest BCUT2D eigenvalue weighted by molar-refractivity contribution is 0.392. The van der Waals surface area contributed by atoms with Gasteiger partial charge < -0.3 is 0 Å². The smallest absolute Gasteiger partial charge is 0.0317 e. The zero-order valence-electron chi connectivity index (χ0n) is 11.6. The molecule has 0 aliphatic heterocycles. The van der Waals surface area contributed by atoms with Crippen molar-refractivity contribution in [2.75, 3.05) is 0 Å². The number of rotatable bonds is 5. The predicted octanol–water partition coefficient (Wildman–Crippen LogP) is 5.36. The van der Waals surface area contributed by atoms with E-state index in [1.807, 2.05) is 0 Å². The zero-order chi connectivity index (χ0) is 12.0. The van der Waals surface area contributed by atoms with Gasteiger partial charge >= 0.3 is 0 Å². The van der Waals surface area contributed by atoms with E-state index in [1.54, 1.807) is 0 Å². The third kappa shape index (κ3) is 6.54. The van der Waals surface area contributed by atoms with Crippen LogP contribution in [0.15, 0.2) is 22.8 Å². The van der Waals surface area contributed by atoms with Gasteiger partial charge in [0.15, 0.2) is 0 Å². The van der Waals surface area contributed by atoms with Crippen LogP contribution in [0.25, 0.3) is 0 Å². The molecule has 0 amide bonds. The Morgan fingerprint density at radius 2 is 1.53 bits per heavy atom. The van der Waals surface area contributed by atoms with Crippen LogP contribution >= 0.6 is 0 Å². The maximum absolute atomic E-state index is 2.35. The molecule has 0 aromatic carbocycles. The quantitative estimate of drug-likeness (QED) is 0.533. The van der Waals surface area contributed by atoms with E-state index in [0.717, 1.165) is 11.8 Å². The normalized spacial score (nSPS) is 14.3. The number of allylic oxidation sites excluding steroid dienone is 4. The molecule has 0 nitrogen and oxygen atoms in total. The van der Waals surface area contributed by atoms with Crippen molar-refractivity contribution in [3.63, 3.8) is 0 Å². The first-order valence-electron chi connectivity index (χ1n) is 6.15. The average molecular weight is 208 g/mol. The van der Waals surface area contributed by atoms with Crippen molar-refractivity contribution in [3.05, 3.63) is 22.8 Å². The Labute approximate surface area is 96.5 Å². The van der Waals surface area contributed by atoms with Crippen molar-refractivity contribution in [1.29, 1.82) is 0 Å². The molecule has 15 heavy (non-hydrogen) atoms. The molecule has 0 aromatic rings. The van der Waals surface area contributed by atoms with Crippen molar-refractivity contribution < 1.29 is 0 Å². The van der Waals surface area contributed by atoms with Crippen LogP contribution in [0.5, 0.6) is 0 Å². The molecule has 0 radical (unpaired) electrons. The third-order valence-electron chi connectivity index (χ3n) is 3.38. The van der Waals surface area contributed by atoms with Crippen molar-refractivity contribution >= 4 is 0 Å². The fraction of sp³-hybridized carbons (Fsp3) is 0.733. The standard InChI is InChI=1S/C15H28/c1-11(2)14(6)9-8-13(5)10-15(7)12(3)4/h10-11,14H,8-9H2,1-7H3/b13-10+. The van der Waals surface area contributed by atoms with Gasteiger partial charge in [0.05, 0.1) is 0 Å². The molecular formula is C15H28. The molecule has 0 aromatic heterocycles. The highest BCUT2D eigenvalue weighted by atomic mass is 14.1. The van der Waals surface area contributed by atoms with Crippen molar-refractivity contribution in [2.24, 2.45) is 11.8 Å². The first-order chi connectivity index (χ1) is 6.84. The lowest BCUT2D eigenvalue weighted by Gasteiger charge is -2.15. The van der Waals surface area contributed by atoms with Crippen molar-refractivity contribution in [3.8, 4) is 0 Å². The minimum atomic E-state index is 0.808. The Morgan fingerprint density at radius 3 is 1.93 bits per heavy atom. The van der Waals surface area contributed by atoms with Crippen LogP contribution in [0.1, 0.15) is 61.3 Å². The number of hydrogen-bond acceptors (Lipinski definition) is 0. The maximum Gasteiger partial charge on any atom is -0.0317 e. The van der Waals surface area contributed by atoms with Gasteiger partial charge in [-0.15, -0.1) is 0 Å². The molecule has 0 N–H and O–H groups in total. The first-order valence-corrected chi connectivity index (χ1v) is 6.15. The Kier molecular flexibility index (Phi) is 6.63. The van der Waals surface area contributed by atoms with Crippen LogP contribution in [-0.2, 0) is 0 Å². The topological polar surface area (TPSA) is 0 Å². The van der Waals surface area contributed by atoms with Crippen LogP contribution in [0, 0.1) is 11.8 Å². The van der Waals surface area contributed by atoms with Crippen LogP contribution < -0.4 is 0 Å². The van der Waals surface area contributed by atoms with E-state index in [0.29, 0.717) is 0 Å². The Bertz CT molecular complexity index is 237. The van der Waals surface area contributed by atoms with E-state index in [9.17, 15) is 0 Å². The van der Waals surface area contributed by atoms with Gasteiger partial charge in [-0.05, 0) is 52.4 Å². The van der Waals surface area contributed by atoms with Crippen LogP contribution in [0.2, 0.25) is 0 Å². The third-order valence-corrected chi connectivity index (χ3v) is 3.38. The highest BCUT2D eigenvalue weighted by molar-refractivity contribution is 5.24. The summed E-state index contributed by atoms with van der Waals surface area (Å²) in [5.41, 5.74) is 4.36. The second kappa shape index (κ2) is 6.87. The molecule has 0 saturated heterocycles. The van der Waals surface area contributed by atoms with E-state index < -0.39 is 0 Å². The van der Waals surface area contributed by atoms with E-state index >= 15 is 0 Å². The molecule has 0 heterocycles. The number of hydrogen-bond donors (Lipinski definition) is 0. The molecule has 0 aliphatic carbocycles. The van der Waals surface area contributed by atoms with E-state index in [-0.39, 0.29) is 0 Å². The summed E-state index contributed by atoms with van der Waals surface area (Å²) < 4.78 is 0. The molecule has 0 rings (SSSR count). The van der Waals surface area contributed by atoms with Crippen LogP contribution in [0.3, 0.4) is 0 Å². The summed E-state index contributed by atoms with van der Waals surface area (Å²) in [6.45, 7) is 15.8. The molecule has 0 heteroatoms. The van der Waals surface area contributed by atoms with Crippen LogP contribution in [0.4, 0.5) is 0 Å². The summed E-state index contributed by atoms with van der Waals surface area (Å²) in [5, 5.41) is 0. The minimum absolute atomic E-state index is 0.808. The molecule has 0 aliphatic rings. The average Bonchev–Trinajstić information content (AvgIpc) is 2.13. The Morgan fingerprint density at radius 1 is 1.00 bits per heavy atom. The largest absolute Gasteiger partial charge is 0.0735 e. The van der Waals surface area contributed by atoms with Gasteiger partial charge in [0.1, 0.15) is 0 Å². The summed E-state index contributed by atoms with van der Waals surface area (Å²) in [7, 11) is 0. The fourth-order valence-electron chi connectivity index (χ4n) is 1.37. The van der Waals surface area contributed by atoms with Gasteiger partial charge in [-0.3, -0.25) is 0 Å². The molecule has 0 spiro atoms. The van der Waals surface area contributed by atoms with Gasteiger partial charge in [0, 0.05) is 0 Å². The van der Waals surface area contributed by atoms with Crippen molar-refractivity contribution in [2.45, 2.75) is 61.3 Å². The Balaban J connectivity index is 4.15. The highest BCUT2D eigenvalue weighted by Crippen LogP contribution is 2.20. The summed E-state index contributed by atoms with van der Waals surface area (Å²) in [5.74, 6) is 1.64.